The van der Waals surface area contributed by atoms with Gasteiger partial charge in [0.15, 0.2) is 0 Å². The standard InChI is InChI=1S/C10H19NO2/c1-4-8(5-6-9(11)12)10(13)7(2)3/h7-8H,4-6H2,1-3H3,(H2,11,12). The fourth-order valence-corrected chi connectivity index (χ4v) is 1.34. The smallest absolute Gasteiger partial charge is 0.217 e. The zero-order valence-corrected chi connectivity index (χ0v) is 8.67. The maximum Gasteiger partial charge on any atom is 0.217 e. The molecule has 0 bridgehead atoms. The molecular formula is C10H19NO2. The summed E-state index contributed by atoms with van der Waals surface area (Å²) in [4.78, 5) is 22.1. The summed E-state index contributed by atoms with van der Waals surface area (Å²) in [6.07, 6.45) is 1.71. The molecular weight excluding hydrogens is 166 g/mol. The van der Waals surface area contributed by atoms with Crippen molar-refractivity contribution in [3.05, 3.63) is 0 Å². The van der Waals surface area contributed by atoms with E-state index < -0.39 is 0 Å². The van der Waals surface area contributed by atoms with Gasteiger partial charge in [-0.05, 0) is 12.8 Å². The molecule has 0 aliphatic rings. The van der Waals surface area contributed by atoms with Crippen molar-refractivity contribution in [2.45, 2.75) is 40.0 Å². The molecule has 0 aliphatic carbocycles. The molecule has 1 amide bonds. The monoisotopic (exact) mass is 185 g/mol. The van der Waals surface area contributed by atoms with Crippen molar-refractivity contribution in [1.29, 1.82) is 0 Å². The van der Waals surface area contributed by atoms with Crippen LogP contribution < -0.4 is 5.73 Å². The second-order valence-corrected chi connectivity index (χ2v) is 3.67. The summed E-state index contributed by atoms with van der Waals surface area (Å²) in [7, 11) is 0. The molecule has 0 aliphatic heterocycles. The summed E-state index contributed by atoms with van der Waals surface area (Å²) in [5.74, 6) is -0.0240. The second kappa shape index (κ2) is 5.73. The van der Waals surface area contributed by atoms with Crippen molar-refractivity contribution >= 4 is 11.7 Å². The van der Waals surface area contributed by atoms with E-state index in [1.54, 1.807) is 0 Å². The van der Waals surface area contributed by atoms with Crippen molar-refractivity contribution in [3.8, 4) is 0 Å². The van der Waals surface area contributed by atoms with E-state index in [0.717, 1.165) is 6.42 Å². The fourth-order valence-electron chi connectivity index (χ4n) is 1.34. The number of carbonyl (C=O) groups is 2. The van der Waals surface area contributed by atoms with E-state index in [1.807, 2.05) is 20.8 Å². The normalized spacial score (nSPS) is 12.9. The molecule has 0 aromatic carbocycles. The van der Waals surface area contributed by atoms with Crippen molar-refractivity contribution in [3.63, 3.8) is 0 Å². The fraction of sp³-hybridized carbons (Fsp3) is 0.800. The Morgan fingerprint density at radius 1 is 1.31 bits per heavy atom. The molecule has 0 fully saturated rings. The SMILES string of the molecule is CCC(CCC(N)=O)C(=O)C(C)C. The van der Waals surface area contributed by atoms with Gasteiger partial charge in [0.25, 0.3) is 0 Å². The molecule has 2 N–H and O–H groups in total. The van der Waals surface area contributed by atoms with Crippen LogP contribution >= 0.6 is 0 Å². The first kappa shape index (κ1) is 12.1. The third kappa shape index (κ3) is 4.65. The molecule has 0 saturated carbocycles. The van der Waals surface area contributed by atoms with Gasteiger partial charge in [0.1, 0.15) is 5.78 Å². The van der Waals surface area contributed by atoms with Crippen LogP contribution in [0.25, 0.3) is 0 Å². The molecule has 0 heterocycles. The number of nitrogens with two attached hydrogens (primary N) is 1. The highest BCUT2D eigenvalue weighted by Crippen LogP contribution is 2.16. The van der Waals surface area contributed by atoms with Crippen LogP contribution in [0.4, 0.5) is 0 Å². The van der Waals surface area contributed by atoms with Crippen LogP contribution in [-0.2, 0) is 9.59 Å². The molecule has 0 spiro atoms. The van der Waals surface area contributed by atoms with Crippen LogP contribution in [0.5, 0.6) is 0 Å². The van der Waals surface area contributed by atoms with E-state index in [-0.39, 0.29) is 23.5 Å². The topological polar surface area (TPSA) is 60.2 Å². The van der Waals surface area contributed by atoms with E-state index in [2.05, 4.69) is 0 Å². The summed E-state index contributed by atoms with van der Waals surface area (Å²) < 4.78 is 0. The predicted octanol–water partition coefficient (Wildman–Crippen LogP) is 1.50. The Kier molecular flexibility index (Phi) is 5.35. The predicted molar refractivity (Wildman–Crippen MR) is 52.1 cm³/mol. The van der Waals surface area contributed by atoms with Crippen molar-refractivity contribution < 1.29 is 9.59 Å². The Bertz CT molecular complexity index is 187. The molecule has 3 nitrogen and oxygen atoms in total. The summed E-state index contributed by atoms with van der Waals surface area (Å²) in [5.41, 5.74) is 5.02. The van der Waals surface area contributed by atoms with Crippen LogP contribution in [0, 0.1) is 11.8 Å². The Hall–Kier alpha value is -0.860. The van der Waals surface area contributed by atoms with E-state index in [1.165, 1.54) is 0 Å². The first-order chi connectivity index (χ1) is 5.99. The molecule has 0 saturated heterocycles. The number of primary amides is 1. The Morgan fingerprint density at radius 3 is 2.15 bits per heavy atom. The molecule has 3 heteroatoms. The zero-order valence-electron chi connectivity index (χ0n) is 8.67. The molecule has 0 rings (SSSR count). The lowest BCUT2D eigenvalue weighted by Crippen LogP contribution is -2.21. The summed E-state index contributed by atoms with van der Waals surface area (Å²) in [6.45, 7) is 5.73. The maximum atomic E-state index is 11.5. The first-order valence-electron chi connectivity index (χ1n) is 4.81. The van der Waals surface area contributed by atoms with Gasteiger partial charge in [0, 0.05) is 18.3 Å². The molecule has 0 radical (unpaired) electrons. The Labute approximate surface area is 79.7 Å². The molecule has 0 aromatic heterocycles. The van der Waals surface area contributed by atoms with Crippen LogP contribution in [0.3, 0.4) is 0 Å². The van der Waals surface area contributed by atoms with E-state index >= 15 is 0 Å². The summed E-state index contributed by atoms with van der Waals surface area (Å²) in [5, 5.41) is 0. The first-order valence-corrected chi connectivity index (χ1v) is 4.81. The molecule has 76 valence electrons. The zero-order chi connectivity index (χ0) is 10.4. The summed E-state index contributed by atoms with van der Waals surface area (Å²) >= 11 is 0. The largest absolute Gasteiger partial charge is 0.370 e. The number of carbonyl (C=O) groups excluding carboxylic acids is 2. The number of amides is 1. The average Bonchev–Trinajstić information content (AvgIpc) is 2.04. The van der Waals surface area contributed by atoms with Gasteiger partial charge in [-0.15, -0.1) is 0 Å². The van der Waals surface area contributed by atoms with E-state index in [4.69, 9.17) is 5.73 Å². The van der Waals surface area contributed by atoms with Gasteiger partial charge in [0.2, 0.25) is 5.91 Å². The van der Waals surface area contributed by atoms with E-state index in [0.29, 0.717) is 12.8 Å². The Morgan fingerprint density at radius 2 is 1.85 bits per heavy atom. The molecule has 13 heavy (non-hydrogen) atoms. The molecule has 1 atom stereocenters. The van der Waals surface area contributed by atoms with Crippen LogP contribution in [0.2, 0.25) is 0 Å². The van der Waals surface area contributed by atoms with Gasteiger partial charge in [-0.3, -0.25) is 9.59 Å². The highest BCUT2D eigenvalue weighted by molar-refractivity contribution is 5.83. The molecule has 1 unspecified atom stereocenters. The third-order valence-corrected chi connectivity index (χ3v) is 2.20. The minimum absolute atomic E-state index is 0.00694. The van der Waals surface area contributed by atoms with Gasteiger partial charge < -0.3 is 5.73 Å². The van der Waals surface area contributed by atoms with Gasteiger partial charge in [-0.25, -0.2) is 0 Å². The number of ketones is 1. The number of rotatable bonds is 6. The van der Waals surface area contributed by atoms with Crippen LogP contribution in [0.1, 0.15) is 40.0 Å². The molecule has 0 aromatic rings. The average molecular weight is 185 g/mol. The lowest BCUT2D eigenvalue weighted by molar-refractivity contribution is -0.126. The number of hydrogen-bond acceptors (Lipinski definition) is 2. The van der Waals surface area contributed by atoms with Crippen molar-refractivity contribution in [2.24, 2.45) is 17.6 Å². The van der Waals surface area contributed by atoms with Gasteiger partial charge in [-0.1, -0.05) is 20.8 Å². The van der Waals surface area contributed by atoms with E-state index in [9.17, 15) is 9.59 Å². The Balaban J connectivity index is 4.02. The number of Topliss-reactive ketones (excluding diaryl/α,β-unsaturated/α-hetero) is 1. The second-order valence-electron chi connectivity index (χ2n) is 3.67. The lowest BCUT2D eigenvalue weighted by atomic mass is 9.89. The van der Waals surface area contributed by atoms with Crippen molar-refractivity contribution in [2.75, 3.05) is 0 Å². The van der Waals surface area contributed by atoms with Gasteiger partial charge >= 0.3 is 0 Å². The van der Waals surface area contributed by atoms with Gasteiger partial charge in [0.05, 0.1) is 0 Å². The van der Waals surface area contributed by atoms with Crippen molar-refractivity contribution in [1.82, 2.24) is 0 Å². The number of hydrogen-bond donors (Lipinski definition) is 1. The quantitative estimate of drug-likeness (QED) is 0.681. The maximum absolute atomic E-state index is 11.5. The minimum atomic E-state index is -0.324. The van der Waals surface area contributed by atoms with Gasteiger partial charge in [-0.2, -0.15) is 0 Å². The van der Waals surface area contributed by atoms with Crippen LogP contribution in [-0.4, -0.2) is 11.7 Å². The third-order valence-electron chi connectivity index (χ3n) is 2.20. The highest BCUT2D eigenvalue weighted by atomic mass is 16.1. The summed E-state index contributed by atoms with van der Waals surface area (Å²) in [6, 6.07) is 0. The lowest BCUT2D eigenvalue weighted by Gasteiger charge is -2.14. The highest BCUT2D eigenvalue weighted by Gasteiger charge is 2.19. The van der Waals surface area contributed by atoms with Crippen LogP contribution in [0.15, 0.2) is 0 Å². The minimum Gasteiger partial charge on any atom is -0.370 e.